The van der Waals surface area contributed by atoms with Crippen LogP contribution in [0.2, 0.25) is 0 Å². The van der Waals surface area contributed by atoms with Crippen LogP contribution in [0.5, 0.6) is 0 Å². The molecule has 1 heterocycles. The number of aromatic nitrogens is 1. The Kier molecular flexibility index (Phi) is 5.01. The smallest absolute Gasteiger partial charge is 0.257 e. The van der Waals surface area contributed by atoms with Crippen LogP contribution in [0.3, 0.4) is 0 Å². The van der Waals surface area contributed by atoms with Crippen LogP contribution < -0.4 is 5.32 Å². The maximum Gasteiger partial charge on any atom is 0.257 e. The molecule has 0 radical (unpaired) electrons. The van der Waals surface area contributed by atoms with Crippen LogP contribution in [0.15, 0.2) is 28.8 Å². The lowest BCUT2D eigenvalue weighted by Gasteiger charge is -2.16. The first-order valence-corrected chi connectivity index (χ1v) is 7.77. The minimum absolute atomic E-state index is 0.0628. The molecule has 0 saturated heterocycles. The van der Waals surface area contributed by atoms with Crippen molar-refractivity contribution in [3.05, 3.63) is 52.4 Å². The van der Waals surface area contributed by atoms with Gasteiger partial charge >= 0.3 is 0 Å². The van der Waals surface area contributed by atoms with Gasteiger partial charge in [-0.05, 0) is 44.2 Å². The van der Waals surface area contributed by atoms with E-state index < -0.39 is 0 Å². The van der Waals surface area contributed by atoms with Gasteiger partial charge in [-0.2, -0.15) is 0 Å². The quantitative estimate of drug-likeness (QED) is 0.896. The molecule has 118 valence electrons. The van der Waals surface area contributed by atoms with Crippen molar-refractivity contribution in [1.82, 2.24) is 10.5 Å². The molecule has 4 heteroatoms. The zero-order chi connectivity index (χ0) is 16.3. The van der Waals surface area contributed by atoms with Crippen molar-refractivity contribution in [3.63, 3.8) is 0 Å². The largest absolute Gasteiger partial charge is 0.361 e. The summed E-state index contributed by atoms with van der Waals surface area (Å²) in [6.45, 7) is 9.91. The molecule has 0 saturated carbocycles. The molecule has 0 unspecified atom stereocenters. The maximum atomic E-state index is 12.3. The van der Waals surface area contributed by atoms with Crippen molar-refractivity contribution in [2.45, 2.75) is 53.0 Å². The molecule has 2 atom stereocenters. The van der Waals surface area contributed by atoms with Gasteiger partial charge in [0.05, 0.1) is 11.7 Å². The van der Waals surface area contributed by atoms with Crippen LogP contribution in [0.4, 0.5) is 0 Å². The van der Waals surface area contributed by atoms with Crippen LogP contribution in [0.25, 0.3) is 0 Å². The third-order valence-corrected chi connectivity index (χ3v) is 4.23. The van der Waals surface area contributed by atoms with E-state index in [1.54, 1.807) is 13.8 Å². The van der Waals surface area contributed by atoms with Crippen LogP contribution in [0.1, 0.15) is 72.1 Å². The molecule has 0 bridgehead atoms. The van der Waals surface area contributed by atoms with Crippen LogP contribution in [-0.4, -0.2) is 11.1 Å². The minimum atomic E-state index is -0.144. The molecular weight excluding hydrogens is 276 g/mol. The molecule has 0 fully saturated rings. The topological polar surface area (TPSA) is 55.1 Å². The number of hydrogen-bond acceptors (Lipinski definition) is 3. The van der Waals surface area contributed by atoms with E-state index in [-0.39, 0.29) is 11.9 Å². The van der Waals surface area contributed by atoms with E-state index in [0.717, 1.165) is 12.0 Å². The molecule has 1 aromatic carbocycles. The van der Waals surface area contributed by atoms with Gasteiger partial charge in [-0.3, -0.25) is 4.79 Å². The molecular formula is C18H24N2O2. The van der Waals surface area contributed by atoms with Crippen molar-refractivity contribution in [2.75, 3.05) is 0 Å². The molecule has 2 rings (SSSR count). The van der Waals surface area contributed by atoms with Crippen molar-refractivity contribution in [3.8, 4) is 0 Å². The number of carbonyl (C=O) groups excluding carboxylic acids is 1. The van der Waals surface area contributed by atoms with Crippen molar-refractivity contribution < 1.29 is 9.32 Å². The summed E-state index contributed by atoms with van der Waals surface area (Å²) < 4.78 is 5.05. The first-order valence-electron chi connectivity index (χ1n) is 7.77. The number of benzene rings is 1. The van der Waals surface area contributed by atoms with Crippen molar-refractivity contribution in [1.29, 1.82) is 0 Å². The van der Waals surface area contributed by atoms with Gasteiger partial charge in [0.2, 0.25) is 0 Å². The predicted octanol–water partition coefficient (Wildman–Crippen LogP) is 4.30. The molecule has 0 aliphatic rings. The summed E-state index contributed by atoms with van der Waals surface area (Å²) in [4.78, 5) is 12.3. The summed E-state index contributed by atoms with van der Waals surface area (Å²) in [6.07, 6.45) is 1.12. The second kappa shape index (κ2) is 6.77. The Hall–Kier alpha value is -2.10. The van der Waals surface area contributed by atoms with Gasteiger partial charge in [-0.15, -0.1) is 0 Å². The summed E-state index contributed by atoms with van der Waals surface area (Å²) in [5.74, 6) is 0.963. The minimum Gasteiger partial charge on any atom is -0.361 e. The zero-order valence-corrected chi connectivity index (χ0v) is 13.9. The highest BCUT2D eigenvalue weighted by atomic mass is 16.5. The van der Waals surface area contributed by atoms with E-state index >= 15 is 0 Å². The SMILES string of the molecule is CC[C@@H](C)c1ccc([C@H](C)NC(=O)c2c(C)noc2C)cc1. The Morgan fingerprint density at radius 1 is 1.18 bits per heavy atom. The summed E-state index contributed by atoms with van der Waals surface area (Å²) in [5, 5.41) is 6.83. The van der Waals surface area contributed by atoms with Gasteiger partial charge in [0.1, 0.15) is 11.3 Å². The lowest BCUT2D eigenvalue weighted by molar-refractivity contribution is 0.0938. The highest BCUT2D eigenvalue weighted by Crippen LogP contribution is 2.22. The van der Waals surface area contributed by atoms with E-state index in [1.807, 2.05) is 6.92 Å². The average Bonchev–Trinajstić information content (AvgIpc) is 2.85. The highest BCUT2D eigenvalue weighted by Gasteiger charge is 2.19. The van der Waals surface area contributed by atoms with Crippen molar-refractivity contribution >= 4 is 5.91 Å². The van der Waals surface area contributed by atoms with Crippen molar-refractivity contribution in [2.24, 2.45) is 0 Å². The second-order valence-electron chi connectivity index (χ2n) is 5.87. The Labute approximate surface area is 131 Å². The zero-order valence-electron chi connectivity index (χ0n) is 13.9. The normalized spacial score (nSPS) is 13.7. The third kappa shape index (κ3) is 3.38. The highest BCUT2D eigenvalue weighted by molar-refractivity contribution is 5.96. The molecule has 2 aromatic rings. The van der Waals surface area contributed by atoms with E-state index in [1.165, 1.54) is 5.56 Å². The summed E-state index contributed by atoms with van der Waals surface area (Å²) in [6, 6.07) is 8.39. The van der Waals surface area contributed by atoms with Crippen LogP contribution >= 0.6 is 0 Å². The lowest BCUT2D eigenvalue weighted by Crippen LogP contribution is -2.27. The van der Waals surface area contributed by atoms with E-state index in [4.69, 9.17) is 4.52 Å². The van der Waals surface area contributed by atoms with Crippen LogP contribution in [-0.2, 0) is 0 Å². The molecule has 1 N–H and O–H groups in total. The van der Waals surface area contributed by atoms with Crippen LogP contribution in [0, 0.1) is 13.8 Å². The Morgan fingerprint density at radius 3 is 2.27 bits per heavy atom. The Bertz CT molecular complexity index is 624. The summed E-state index contributed by atoms with van der Waals surface area (Å²) in [5.41, 5.74) is 3.57. The number of carbonyl (C=O) groups is 1. The molecule has 4 nitrogen and oxygen atoms in total. The molecule has 1 amide bonds. The van der Waals surface area contributed by atoms with Gasteiger partial charge in [0.15, 0.2) is 0 Å². The van der Waals surface area contributed by atoms with Gasteiger partial charge < -0.3 is 9.84 Å². The number of hydrogen-bond donors (Lipinski definition) is 1. The van der Waals surface area contributed by atoms with Gasteiger partial charge in [0, 0.05) is 0 Å². The fraction of sp³-hybridized carbons (Fsp3) is 0.444. The van der Waals surface area contributed by atoms with E-state index in [2.05, 4.69) is 48.6 Å². The standard InChI is InChI=1S/C18H24N2O2/c1-6-11(2)15-7-9-16(10-8-15)12(3)19-18(21)17-13(4)20-22-14(17)5/h7-12H,6H2,1-5H3,(H,19,21)/t11-,12+/m1/s1. The fourth-order valence-corrected chi connectivity index (χ4v) is 2.51. The first kappa shape index (κ1) is 16.3. The summed E-state index contributed by atoms with van der Waals surface area (Å²) in [7, 11) is 0. The number of rotatable bonds is 5. The second-order valence-corrected chi connectivity index (χ2v) is 5.87. The number of amides is 1. The molecule has 0 aliphatic carbocycles. The van der Waals surface area contributed by atoms with Gasteiger partial charge in [0.25, 0.3) is 5.91 Å². The molecule has 22 heavy (non-hydrogen) atoms. The van der Waals surface area contributed by atoms with Gasteiger partial charge in [-0.1, -0.05) is 43.3 Å². The summed E-state index contributed by atoms with van der Waals surface area (Å²) >= 11 is 0. The lowest BCUT2D eigenvalue weighted by atomic mass is 9.96. The first-order chi connectivity index (χ1) is 10.4. The number of nitrogens with one attached hydrogen (secondary N) is 1. The van der Waals surface area contributed by atoms with E-state index in [0.29, 0.717) is 22.9 Å². The van der Waals surface area contributed by atoms with E-state index in [9.17, 15) is 4.79 Å². The average molecular weight is 300 g/mol. The Morgan fingerprint density at radius 2 is 1.77 bits per heavy atom. The maximum absolute atomic E-state index is 12.3. The number of aryl methyl sites for hydroxylation is 2. The molecule has 0 aliphatic heterocycles. The monoisotopic (exact) mass is 300 g/mol. The molecule has 0 spiro atoms. The predicted molar refractivity (Wildman–Crippen MR) is 87.0 cm³/mol. The number of nitrogens with zero attached hydrogens (tertiary/aromatic N) is 1. The fourth-order valence-electron chi connectivity index (χ4n) is 2.51. The molecule has 1 aromatic heterocycles. The third-order valence-electron chi connectivity index (χ3n) is 4.23. The van der Waals surface area contributed by atoms with Gasteiger partial charge in [-0.25, -0.2) is 0 Å². The Balaban J connectivity index is 2.09.